The zero-order valence-corrected chi connectivity index (χ0v) is 21.6. The number of anilines is 1. The summed E-state index contributed by atoms with van der Waals surface area (Å²) in [7, 11) is 1.52. The summed E-state index contributed by atoms with van der Waals surface area (Å²) in [6, 6.07) is 10.9. The van der Waals surface area contributed by atoms with Crippen LogP contribution in [0.2, 0.25) is 5.02 Å². The van der Waals surface area contributed by atoms with Crippen molar-refractivity contribution >= 4 is 29.4 Å². The number of halogens is 2. The molecular weight excluding hydrogens is 509 g/mol. The van der Waals surface area contributed by atoms with Crippen molar-refractivity contribution in [3.63, 3.8) is 0 Å². The minimum Gasteiger partial charge on any atom is -1.00 e. The van der Waals surface area contributed by atoms with Crippen molar-refractivity contribution in [3.05, 3.63) is 53.8 Å². The lowest BCUT2D eigenvalue weighted by atomic mass is 10.2. The third-order valence-electron chi connectivity index (χ3n) is 4.57. The van der Waals surface area contributed by atoms with Gasteiger partial charge in [0.2, 0.25) is 5.96 Å². The number of guanidine groups is 1. The maximum Gasteiger partial charge on any atom is 0.513 e. The molecule has 0 fully saturated rings. The Balaban J connectivity index is 0.00000648. The number of carbonyl (C=O) groups excluding carboxylic acids is 1. The van der Waals surface area contributed by atoms with Crippen LogP contribution in [-0.2, 0) is 20.9 Å². The first-order valence-corrected chi connectivity index (χ1v) is 11.6. The number of nitriles is 1. The molecule has 1 aromatic heterocycles. The molecule has 12 heteroatoms. The summed E-state index contributed by atoms with van der Waals surface area (Å²) in [4.78, 5) is 15.9. The van der Waals surface area contributed by atoms with Crippen LogP contribution in [0.3, 0.4) is 0 Å². The van der Waals surface area contributed by atoms with E-state index in [1.54, 1.807) is 29.1 Å². The number of aromatic nitrogens is 1. The normalized spacial score (nSPS) is 10.5. The number of pyridine rings is 1. The highest BCUT2D eigenvalue weighted by Crippen LogP contribution is 2.16. The molecule has 36 heavy (non-hydrogen) atoms. The average molecular weight is 540 g/mol. The standard InChI is InChI=1S/C24H30ClN5O5.ClH/c1-32-16-17-34-24(31)35-19-30-13-10-21(11-14-30)29-23(28-18-26)27-12-4-2-3-5-15-33-22-8-6-20(25)7-9-22;/h6-11,13-14H,2-5,12,15-17,19H2,1H3,(H,27,28);1H. The first-order chi connectivity index (χ1) is 17.1. The topological polar surface area (TPSA) is 118 Å². The molecule has 196 valence electrons. The molecule has 0 saturated carbocycles. The van der Waals surface area contributed by atoms with E-state index >= 15 is 0 Å². The summed E-state index contributed by atoms with van der Waals surface area (Å²) >= 11 is 5.86. The summed E-state index contributed by atoms with van der Waals surface area (Å²) in [5.74, 6) is 1.19. The third-order valence-corrected chi connectivity index (χ3v) is 4.82. The third kappa shape index (κ3) is 13.6. The predicted octanol–water partition coefficient (Wildman–Crippen LogP) is 0.867. The van der Waals surface area contributed by atoms with Gasteiger partial charge in [-0.25, -0.2) is 4.79 Å². The summed E-state index contributed by atoms with van der Waals surface area (Å²) in [6.45, 7) is 1.69. The largest absolute Gasteiger partial charge is 1.00 e. The Hall–Kier alpha value is -3.26. The number of unbranched alkanes of at least 4 members (excludes halogenated alkanes) is 3. The van der Waals surface area contributed by atoms with Crippen LogP contribution < -0.4 is 32.3 Å². The highest BCUT2D eigenvalue weighted by molar-refractivity contribution is 6.30. The molecule has 0 aliphatic heterocycles. The number of hydrogen-bond donors (Lipinski definition) is 2. The van der Waals surface area contributed by atoms with E-state index in [4.69, 9.17) is 35.8 Å². The number of nitrogens with zero attached hydrogens (tertiary/aromatic N) is 3. The Morgan fingerprint density at radius 2 is 1.75 bits per heavy atom. The molecule has 1 aromatic carbocycles. The Morgan fingerprint density at radius 1 is 1.03 bits per heavy atom. The molecule has 0 saturated heterocycles. The average Bonchev–Trinajstić information content (AvgIpc) is 2.86. The van der Waals surface area contributed by atoms with Crippen molar-refractivity contribution in [3.8, 4) is 11.9 Å². The van der Waals surface area contributed by atoms with Crippen LogP contribution in [0.1, 0.15) is 25.7 Å². The van der Waals surface area contributed by atoms with Crippen LogP contribution in [-0.4, -0.2) is 45.6 Å². The summed E-state index contributed by atoms with van der Waals surface area (Å²) in [5, 5.41) is 15.3. The maximum absolute atomic E-state index is 11.5. The number of methoxy groups -OCH3 is 1. The lowest BCUT2D eigenvalue weighted by molar-refractivity contribution is -0.727. The molecule has 0 aliphatic carbocycles. The van der Waals surface area contributed by atoms with Crippen LogP contribution in [0, 0.1) is 11.5 Å². The first-order valence-electron chi connectivity index (χ1n) is 11.2. The molecule has 0 bridgehead atoms. The van der Waals surface area contributed by atoms with Gasteiger partial charge in [-0.15, -0.1) is 0 Å². The van der Waals surface area contributed by atoms with Gasteiger partial charge in [0.05, 0.1) is 18.9 Å². The number of nitrogens with one attached hydrogen (secondary N) is 2. The van der Waals surface area contributed by atoms with Crippen molar-refractivity contribution in [2.24, 2.45) is 4.99 Å². The lowest BCUT2D eigenvalue weighted by Crippen LogP contribution is -3.00. The van der Waals surface area contributed by atoms with Gasteiger partial charge < -0.3 is 36.7 Å². The van der Waals surface area contributed by atoms with Crippen molar-refractivity contribution < 1.29 is 40.7 Å². The van der Waals surface area contributed by atoms with Gasteiger partial charge in [0.15, 0.2) is 18.6 Å². The van der Waals surface area contributed by atoms with E-state index in [0.717, 1.165) is 37.1 Å². The van der Waals surface area contributed by atoms with E-state index in [1.807, 2.05) is 30.5 Å². The van der Waals surface area contributed by atoms with Crippen molar-refractivity contribution in [2.45, 2.75) is 32.4 Å². The minimum atomic E-state index is -0.765. The van der Waals surface area contributed by atoms with Gasteiger partial charge in [-0.3, -0.25) is 10.3 Å². The van der Waals surface area contributed by atoms with Gasteiger partial charge in [0.1, 0.15) is 12.4 Å². The number of aliphatic imine (C=N–C) groups is 1. The molecule has 1 heterocycles. The SMILES string of the molecule is COCCOC(=O)OC[n+]1ccc(NC(=NCCCCCCOc2ccc(Cl)cc2)NC#N)cc1.[Cl-]. The summed E-state index contributed by atoms with van der Waals surface area (Å²) < 4.78 is 22.0. The molecule has 0 radical (unpaired) electrons. The van der Waals surface area contributed by atoms with E-state index in [1.165, 1.54) is 7.11 Å². The molecule has 10 nitrogen and oxygen atoms in total. The zero-order valence-electron chi connectivity index (χ0n) is 20.1. The number of hydrogen-bond acceptors (Lipinski definition) is 7. The van der Waals surface area contributed by atoms with Crippen LogP contribution in [0.5, 0.6) is 5.75 Å². The van der Waals surface area contributed by atoms with Crippen LogP contribution in [0.4, 0.5) is 10.5 Å². The van der Waals surface area contributed by atoms with Gasteiger partial charge in [-0.05, 0) is 43.5 Å². The minimum absolute atomic E-state index is 0. The fourth-order valence-corrected chi connectivity index (χ4v) is 2.91. The van der Waals surface area contributed by atoms with Gasteiger partial charge >= 0.3 is 6.16 Å². The Labute approximate surface area is 222 Å². The highest BCUT2D eigenvalue weighted by atomic mass is 35.5. The molecule has 2 N–H and O–H groups in total. The molecule has 0 aliphatic rings. The Kier molecular flexibility index (Phi) is 16.2. The second-order valence-corrected chi connectivity index (χ2v) is 7.71. The molecule has 0 unspecified atom stereocenters. The second-order valence-electron chi connectivity index (χ2n) is 7.27. The van der Waals surface area contributed by atoms with Crippen LogP contribution >= 0.6 is 11.6 Å². The summed E-state index contributed by atoms with van der Waals surface area (Å²) in [5.41, 5.74) is 0.727. The predicted molar refractivity (Wildman–Crippen MR) is 131 cm³/mol. The van der Waals surface area contributed by atoms with Crippen molar-refractivity contribution in [2.75, 3.05) is 38.8 Å². The number of carbonyl (C=O) groups is 1. The molecule has 2 rings (SSSR count). The Bertz CT molecular complexity index is 953. The first kappa shape index (κ1) is 30.8. The molecule has 0 spiro atoms. The van der Waals surface area contributed by atoms with Crippen molar-refractivity contribution in [1.29, 1.82) is 5.26 Å². The van der Waals surface area contributed by atoms with Gasteiger partial charge in [-0.1, -0.05) is 18.0 Å². The molecule has 2 aromatic rings. The molecule has 0 atom stereocenters. The van der Waals surface area contributed by atoms with Crippen LogP contribution in [0.15, 0.2) is 53.8 Å². The van der Waals surface area contributed by atoms with E-state index in [2.05, 4.69) is 15.6 Å². The number of rotatable bonds is 14. The fraction of sp³-hybridized carbons (Fsp3) is 0.417. The smallest absolute Gasteiger partial charge is 0.513 e. The Morgan fingerprint density at radius 3 is 2.44 bits per heavy atom. The van der Waals surface area contributed by atoms with Crippen LogP contribution in [0.25, 0.3) is 0 Å². The van der Waals surface area contributed by atoms with E-state index in [9.17, 15) is 4.79 Å². The van der Waals surface area contributed by atoms with E-state index in [0.29, 0.717) is 30.7 Å². The van der Waals surface area contributed by atoms with Crippen molar-refractivity contribution in [1.82, 2.24) is 5.32 Å². The zero-order chi connectivity index (χ0) is 25.1. The number of ether oxygens (including phenoxy) is 4. The van der Waals surface area contributed by atoms with Gasteiger partial charge in [0.25, 0.3) is 6.73 Å². The number of benzene rings is 1. The lowest BCUT2D eigenvalue weighted by Gasteiger charge is -2.08. The molecular formula is C24H31Cl2N5O5. The monoisotopic (exact) mass is 539 g/mol. The summed E-state index contributed by atoms with van der Waals surface area (Å²) in [6.07, 6.45) is 8.45. The second kappa shape index (κ2) is 19.0. The quantitative estimate of drug-likeness (QED) is 0.0690. The van der Waals surface area contributed by atoms with Gasteiger partial charge in [-0.2, -0.15) is 9.83 Å². The van der Waals surface area contributed by atoms with E-state index < -0.39 is 6.16 Å². The maximum atomic E-state index is 11.5. The molecule has 0 amide bonds. The van der Waals surface area contributed by atoms with E-state index in [-0.39, 0.29) is 25.7 Å². The highest BCUT2D eigenvalue weighted by Gasteiger charge is 2.08. The fourth-order valence-electron chi connectivity index (χ4n) is 2.78. The van der Waals surface area contributed by atoms with Gasteiger partial charge in [0, 0.05) is 30.8 Å².